The third kappa shape index (κ3) is 8.25. The molecule has 40 heavy (non-hydrogen) atoms. The zero-order valence-corrected chi connectivity index (χ0v) is 23.3. The molecule has 0 spiro atoms. The summed E-state index contributed by atoms with van der Waals surface area (Å²) in [4.78, 5) is 8.77. The highest BCUT2D eigenvalue weighted by atomic mass is 35.5. The lowest BCUT2D eigenvalue weighted by molar-refractivity contribution is 0.250. The normalized spacial score (nSPS) is 11.8. The summed E-state index contributed by atoms with van der Waals surface area (Å²) in [5, 5.41) is 7.36. The first kappa shape index (κ1) is 29.0. The monoisotopic (exact) mass is 582 g/mol. The van der Waals surface area contributed by atoms with Gasteiger partial charge < -0.3 is 14.8 Å². The second kappa shape index (κ2) is 13.4. The Balaban J connectivity index is 1.48. The van der Waals surface area contributed by atoms with Crippen molar-refractivity contribution < 1.29 is 22.3 Å². The lowest BCUT2D eigenvalue weighted by Crippen LogP contribution is -2.24. The number of ether oxygens (including phenoxy) is 2. The van der Waals surface area contributed by atoms with E-state index < -0.39 is 9.84 Å². The Hall–Kier alpha value is -3.99. The van der Waals surface area contributed by atoms with Crippen LogP contribution in [0.3, 0.4) is 0 Å². The van der Waals surface area contributed by atoms with Crippen molar-refractivity contribution in [3.05, 3.63) is 108 Å². The van der Waals surface area contributed by atoms with Crippen LogP contribution < -0.4 is 15.4 Å². The minimum Gasteiger partial charge on any atom is -0.487 e. The van der Waals surface area contributed by atoms with E-state index in [0.29, 0.717) is 39.1 Å². The maximum atomic E-state index is 13.4. The molecular formula is C29H28ClFN4O4S. The van der Waals surface area contributed by atoms with Crippen LogP contribution in [0.2, 0.25) is 5.02 Å². The second-order valence-corrected chi connectivity index (χ2v) is 11.5. The number of halogens is 2. The van der Waals surface area contributed by atoms with Crippen LogP contribution in [0.5, 0.6) is 5.75 Å². The second-order valence-electron chi connectivity index (χ2n) is 8.83. The predicted octanol–water partition coefficient (Wildman–Crippen LogP) is 5.88. The van der Waals surface area contributed by atoms with Crippen molar-refractivity contribution in [2.75, 3.05) is 30.6 Å². The van der Waals surface area contributed by atoms with Gasteiger partial charge in [0.25, 0.3) is 0 Å². The van der Waals surface area contributed by atoms with Crippen molar-refractivity contribution in [3.63, 3.8) is 0 Å². The van der Waals surface area contributed by atoms with Gasteiger partial charge in [0, 0.05) is 29.4 Å². The van der Waals surface area contributed by atoms with E-state index in [1.165, 1.54) is 24.7 Å². The first-order valence-corrected chi connectivity index (χ1v) is 14.7. The Bertz CT molecular complexity index is 1650. The molecule has 1 aromatic heterocycles. The van der Waals surface area contributed by atoms with Gasteiger partial charge >= 0.3 is 0 Å². The highest BCUT2D eigenvalue weighted by molar-refractivity contribution is 7.90. The zero-order chi connectivity index (χ0) is 28.5. The fraction of sp³-hybridized carbons (Fsp3) is 0.172. The van der Waals surface area contributed by atoms with Crippen LogP contribution in [0.15, 0.2) is 85.7 Å². The zero-order valence-electron chi connectivity index (χ0n) is 21.7. The molecule has 0 saturated carbocycles. The van der Waals surface area contributed by atoms with E-state index in [0.717, 1.165) is 10.9 Å². The highest BCUT2D eigenvalue weighted by Crippen LogP contribution is 2.32. The van der Waals surface area contributed by atoms with Crippen molar-refractivity contribution in [1.29, 1.82) is 0 Å². The fourth-order valence-electron chi connectivity index (χ4n) is 3.72. The molecule has 0 bridgehead atoms. The van der Waals surface area contributed by atoms with Crippen molar-refractivity contribution in [3.8, 4) is 5.75 Å². The molecule has 0 amide bonds. The van der Waals surface area contributed by atoms with E-state index in [4.69, 9.17) is 21.1 Å². The van der Waals surface area contributed by atoms with Crippen molar-refractivity contribution in [2.45, 2.75) is 6.61 Å². The summed E-state index contributed by atoms with van der Waals surface area (Å²) >= 11 is 6.46. The Morgan fingerprint density at radius 2 is 1.98 bits per heavy atom. The van der Waals surface area contributed by atoms with Gasteiger partial charge in [-0.05, 0) is 60.2 Å². The van der Waals surface area contributed by atoms with Crippen molar-refractivity contribution in [1.82, 2.24) is 15.3 Å². The SMILES string of the molecule is C=C/C=C(\OCNCCS(C)(=O)=O)c1ccc2ncnc(Nc3ccc(OCc4cccc(F)c4)c(Cl)c3)c2c1. The summed E-state index contributed by atoms with van der Waals surface area (Å²) in [6.45, 7) is 4.33. The number of nitrogens with zero attached hydrogens (tertiary/aromatic N) is 2. The number of hydrogen-bond donors (Lipinski definition) is 2. The molecule has 4 aromatic rings. The van der Waals surface area contributed by atoms with Gasteiger partial charge in [0.05, 0.1) is 16.3 Å². The number of hydrogen-bond acceptors (Lipinski definition) is 8. The molecule has 0 atom stereocenters. The molecule has 0 saturated heterocycles. The summed E-state index contributed by atoms with van der Waals surface area (Å²) in [6, 6.07) is 17.1. The van der Waals surface area contributed by atoms with Gasteiger partial charge in [-0.1, -0.05) is 36.4 Å². The highest BCUT2D eigenvalue weighted by Gasteiger charge is 2.11. The van der Waals surface area contributed by atoms with Gasteiger partial charge in [-0.15, -0.1) is 0 Å². The molecule has 3 aromatic carbocycles. The summed E-state index contributed by atoms with van der Waals surface area (Å²) in [5.74, 6) is 1.25. The molecule has 11 heteroatoms. The Morgan fingerprint density at radius 3 is 2.73 bits per heavy atom. The molecule has 0 aliphatic carbocycles. The van der Waals surface area contributed by atoms with Crippen LogP contribution in [0.1, 0.15) is 11.1 Å². The third-order valence-electron chi connectivity index (χ3n) is 5.65. The minimum absolute atomic E-state index is 0.0172. The molecule has 4 rings (SSSR count). The maximum Gasteiger partial charge on any atom is 0.148 e. The van der Waals surface area contributed by atoms with E-state index in [1.54, 1.807) is 42.5 Å². The van der Waals surface area contributed by atoms with Crippen molar-refractivity contribution >= 4 is 49.6 Å². The van der Waals surface area contributed by atoms with E-state index in [2.05, 4.69) is 27.2 Å². The predicted molar refractivity (Wildman–Crippen MR) is 157 cm³/mol. The van der Waals surface area contributed by atoms with E-state index in [1.807, 2.05) is 18.2 Å². The number of fused-ring (bicyclic) bond motifs is 1. The average Bonchev–Trinajstić information content (AvgIpc) is 2.91. The minimum atomic E-state index is -3.06. The largest absolute Gasteiger partial charge is 0.487 e. The molecular weight excluding hydrogens is 555 g/mol. The van der Waals surface area contributed by atoms with Gasteiger partial charge in [0.2, 0.25) is 0 Å². The molecule has 2 N–H and O–H groups in total. The molecule has 0 radical (unpaired) electrons. The number of anilines is 2. The number of sulfone groups is 1. The van der Waals surface area contributed by atoms with Crippen LogP contribution in [0, 0.1) is 5.82 Å². The average molecular weight is 583 g/mol. The number of allylic oxidation sites excluding steroid dienone is 2. The summed E-state index contributed by atoms with van der Waals surface area (Å²) in [5.41, 5.74) is 2.85. The molecule has 1 heterocycles. The van der Waals surface area contributed by atoms with Gasteiger partial charge in [-0.3, -0.25) is 5.32 Å². The quantitative estimate of drug-likeness (QED) is 0.0872. The van der Waals surface area contributed by atoms with Gasteiger partial charge in [0.1, 0.15) is 52.6 Å². The number of rotatable bonds is 13. The molecule has 8 nitrogen and oxygen atoms in total. The van der Waals surface area contributed by atoms with Crippen molar-refractivity contribution in [2.24, 2.45) is 0 Å². The van der Waals surface area contributed by atoms with Crippen LogP contribution in [0.25, 0.3) is 16.7 Å². The third-order valence-corrected chi connectivity index (χ3v) is 6.89. The smallest absolute Gasteiger partial charge is 0.148 e. The Kier molecular flexibility index (Phi) is 9.70. The summed E-state index contributed by atoms with van der Waals surface area (Å²) < 4.78 is 47.7. The van der Waals surface area contributed by atoms with E-state index in [9.17, 15) is 12.8 Å². The molecule has 208 valence electrons. The van der Waals surface area contributed by atoms with Crippen LogP contribution in [-0.4, -0.2) is 43.7 Å². The Morgan fingerprint density at radius 1 is 1.12 bits per heavy atom. The first-order valence-electron chi connectivity index (χ1n) is 12.2. The van der Waals surface area contributed by atoms with E-state index in [-0.39, 0.29) is 31.5 Å². The van der Waals surface area contributed by atoms with Crippen LogP contribution in [-0.2, 0) is 21.2 Å². The van der Waals surface area contributed by atoms with Gasteiger partial charge in [-0.25, -0.2) is 22.8 Å². The van der Waals surface area contributed by atoms with Gasteiger partial charge in [-0.2, -0.15) is 0 Å². The molecule has 0 fully saturated rings. The Labute approximate surface area is 237 Å². The van der Waals surface area contributed by atoms with Gasteiger partial charge in [0.15, 0.2) is 0 Å². The maximum absolute atomic E-state index is 13.4. The molecule has 0 aliphatic heterocycles. The molecule has 0 aliphatic rings. The molecule has 0 unspecified atom stereocenters. The lowest BCUT2D eigenvalue weighted by atomic mass is 10.1. The van der Waals surface area contributed by atoms with E-state index >= 15 is 0 Å². The number of nitrogens with one attached hydrogen (secondary N) is 2. The number of benzene rings is 3. The summed E-state index contributed by atoms with van der Waals surface area (Å²) in [7, 11) is -3.06. The lowest BCUT2D eigenvalue weighted by Gasteiger charge is -2.14. The topological polar surface area (TPSA) is 102 Å². The standard InChI is InChI=1S/C29H28ClFN4O4S/c1-3-5-27(39-19-32-12-13-40(2,36)37)21-8-10-26-24(15-21)29(34-18-33-26)35-23-9-11-28(25(30)16-23)38-17-20-6-4-7-22(31)14-20/h3-11,14-16,18,32H,1,12-13,17,19H2,2H3,(H,33,34,35)/b27-5-. The van der Waals surface area contributed by atoms with Crippen LogP contribution >= 0.6 is 11.6 Å². The van der Waals surface area contributed by atoms with Crippen LogP contribution in [0.4, 0.5) is 15.9 Å². The number of aromatic nitrogens is 2. The summed E-state index contributed by atoms with van der Waals surface area (Å²) in [6.07, 6.45) is 5.98. The fourth-order valence-corrected chi connectivity index (χ4v) is 4.47. The first-order chi connectivity index (χ1) is 19.2.